The minimum Gasteiger partial charge on any atom is -0.341 e. The van der Waals surface area contributed by atoms with Gasteiger partial charge in [-0.1, -0.05) is 51.1 Å². The third kappa shape index (κ3) is 3.06. The number of aryl methyl sites for hydroxylation is 1. The van der Waals surface area contributed by atoms with Gasteiger partial charge in [-0.15, -0.1) is 0 Å². The number of benzene rings is 2. The Morgan fingerprint density at radius 3 is 2.41 bits per heavy atom. The van der Waals surface area contributed by atoms with Crippen LogP contribution in [-0.4, -0.2) is 9.97 Å². The van der Waals surface area contributed by atoms with Crippen molar-refractivity contribution in [1.82, 2.24) is 9.97 Å². The molecule has 1 aromatic heterocycles. The average Bonchev–Trinajstić information content (AvgIpc) is 2.89. The van der Waals surface area contributed by atoms with E-state index in [4.69, 9.17) is 4.98 Å². The van der Waals surface area contributed by atoms with Crippen molar-refractivity contribution in [2.75, 3.05) is 0 Å². The van der Waals surface area contributed by atoms with Crippen molar-refractivity contribution >= 4 is 11.0 Å². The highest BCUT2D eigenvalue weighted by molar-refractivity contribution is 5.76. The average molecular weight is 292 g/mol. The fourth-order valence-electron chi connectivity index (χ4n) is 2.92. The standard InChI is InChI=1S/C20H24N2/c1-13(2)11-16-6-8-17(9-7-16)15(4)20-21-18-10-5-14(3)12-19(18)22-20/h5-10,12-13,15H,11H2,1-4H3,(H,21,22). The summed E-state index contributed by atoms with van der Waals surface area (Å²) >= 11 is 0. The van der Waals surface area contributed by atoms with Crippen LogP contribution in [0.15, 0.2) is 42.5 Å². The van der Waals surface area contributed by atoms with Gasteiger partial charge < -0.3 is 4.98 Å². The lowest BCUT2D eigenvalue weighted by atomic mass is 9.96. The van der Waals surface area contributed by atoms with Crippen molar-refractivity contribution < 1.29 is 0 Å². The first-order valence-corrected chi connectivity index (χ1v) is 8.08. The summed E-state index contributed by atoms with van der Waals surface area (Å²) in [6.07, 6.45) is 1.14. The van der Waals surface area contributed by atoms with Crippen LogP contribution >= 0.6 is 0 Å². The lowest BCUT2D eigenvalue weighted by Gasteiger charge is -2.11. The second kappa shape index (κ2) is 5.96. The monoisotopic (exact) mass is 292 g/mol. The molecule has 0 aliphatic rings. The number of rotatable bonds is 4. The Balaban J connectivity index is 1.86. The molecular formula is C20H24N2. The van der Waals surface area contributed by atoms with Crippen LogP contribution in [0.3, 0.4) is 0 Å². The molecule has 2 heteroatoms. The summed E-state index contributed by atoms with van der Waals surface area (Å²) in [5.41, 5.74) is 6.14. The van der Waals surface area contributed by atoms with Crippen molar-refractivity contribution in [3.05, 3.63) is 65.0 Å². The molecule has 1 heterocycles. The fourth-order valence-corrected chi connectivity index (χ4v) is 2.92. The van der Waals surface area contributed by atoms with Crippen LogP contribution in [0.2, 0.25) is 0 Å². The highest BCUT2D eigenvalue weighted by Crippen LogP contribution is 2.25. The Morgan fingerprint density at radius 2 is 1.73 bits per heavy atom. The minimum absolute atomic E-state index is 0.279. The van der Waals surface area contributed by atoms with E-state index in [0.29, 0.717) is 5.92 Å². The minimum atomic E-state index is 0.279. The second-order valence-corrected chi connectivity index (χ2v) is 6.70. The molecule has 114 valence electrons. The molecule has 0 saturated heterocycles. The van der Waals surface area contributed by atoms with Gasteiger partial charge in [0.2, 0.25) is 0 Å². The molecule has 0 amide bonds. The van der Waals surface area contributed by atoms with Crippen LogP contribution in [0, 0.1) is 12.8 Å². The number of fused-ring (bicyclic) bond motifs is 1. The smallest absolute Gasteiger partial charge is 0.114 e. The van der Waals surface area contributed by atoms with Crippen LogP contribution < -0.4 is 0 Å². The van der Waals surface area contributed by atoms with Gasteiger partial charge in [-0.05, 0) is 48.1 Å². The van der Waals surface area contributed by atoms with Gasteiger partial charge in [0.25, 0.3) is 0 Å². The third-order valence-corrected chi connectivity index (χ3v) is 4.19. The summed E-state index contributed by atoms with van der Waals surface area (Å²) in [6, 6.07) is 15.3. The molecule has 3 aromatic rings. The van der Waals surface area contributed by atoms with E-state index in [1.165, 1.54) is 16.7 Å². The summed E-state index contributed by atoms with van der Waals surface area (Å²) < 4.78 is 0. The van der Waals surface area contributed by atoms with Crippen LogP contribution in [0.4, 0.5) is 0 Å². The van der Waals surface area contributed by atoms with Crippen LogP contribution in [-0.2, 0) is 6.42 Å². The Bertz CT molecular complexity index is 766. The molecule has 0 aliphatic carbocycles. The van der Waals surface area contributed by atoms with E-state index in [2.05, 4.69) is 75.1 Å². The molecule has 1 atom stereocenters. The third-order valence-electron chi connectivity index (χ3n) is 4.19. The highest BCUT2D eigenvalue weighted by atomic mass is 14.9. The molecule has 22 heavy (non-hydrogen) atoms. The number of aromatic nitrogens is 2. The second-order valence-electron chi connectivity index (χ2n) is 6.70. The normalized spacial score (nSPS) is 13.0. The van der Waals surface area contributed by atoms with E-state index in [-0.39, 0.29) is 5.92 Å². The van der Waals surface area contributed by atoms with E-state index >= 15 is 0 Å². The van der Waals surface area contributed by atoms with Gasteiger partial charge in [0.1, 0.15) is 5.82 Å². The first kappa shape index (κ1) is 14.8. The lowest BCUT2D eigenvalue weighted by molar-refractivity contribution is 0.647. The van der Waals surface area contributed by atoms with Crippen LogP contribution in [0.5, 0.6) is 0 Å². The predicted molar refractivity (Wildman–Crippen MR) is 93.3 cm³/mol. The van der Waals surface area contributed by atoms with Gasteiger partial charge in [-0.2, -0.15) is 0 Å². The van der Waals surface area contributed by atoms with Gasteiger partial charge in [-0.25, -0.2) is 4.98 Å². The molecule has 0 fully saturated rings. The molecule has 0 spiro atoms. The Labute approximate surface area is 132 Å². The zero-order valence-corrected chi connectivity index (χ0v) is 13.9. The number of hydrogen-bond acceptors (Lipinski definition) is 1. The molecule has 3 rings (SSSR count). The van der Waals surface area contributed by atoms with Crippen molar-refractivity contribution in [1.29, 1.82) is 0 Å². The number of nitrogens with one attached hydrogen (secondary N) is 1. The maximum absolute atomic E-state index is 4.75. The number of hydrogen-bond donors (Lipinski definition) is 1. The number of aromatic amines is 1. The van der Waals surface area contributed by atoms with Crippen molar-refractivity contribution in [2.45, 2.75) is 40.0 Å². The molecule has 1 unspecified atom stereocenters. The number of H-pyrrole nitrogens is 1. The van der Waals surface area contributed by atoms with Crippen LogP contribution in [0.25, 0.3) is 11.0 Å². The molecule has 0 radical (unpaired) electrons. The summed E-state index contributed by atoms with van der Waals surface area (Å²) in [4.78, 5) is 8.22. The fraction of sp³-hybridized carbons (Fsp3) is 0.350. The molecule has 0 bridgehead atoms. The molecule has 0 aliphatic heterocycles. The van der Waals surface area contributed by atoms with Crippen molar-refractivity contribution in [3.63, 3.8) is 0 Å². The first-order valence-electron chi connectivity index (χ1n) is 8.08. The number of imidazole rings is 1. The first-order chi connectivity index (χ1) is 10.5. The maximum atomic E-state index is 4.75. The molecule has 0 saturated carbocycles. The van der Waals surface area contributed by atoms with Gasteiger partial charge in [0.05, 0.1) is 11.0 Å². The summed E-state index contributed by atoms with van der Waals surface area (Å²) in [5.74, 6) is 2.01. The van der Waals surface area contributed by atoms with E-state index in [9.17, 15) is 0 Å². The summed E-state index contributed by atoms with van der Waals surface area (Å²) in [7, 11) is 0. The number of nitrogens with zero attached hydrogens (tertiary/aromatic N) is 1. The Hall–Kier alpha value is -2.09. The van der Waals surface area contributed by atoms with Gasteiger partial charge >= 0.3 is 0 Å². The highest BCUT2D eigenvalue weighted by Gasteiger charge is 2.13. The Morgan fingerprint density at radius 1 is 1.00 bits per heavy atom. The van der Waals surface area contributed by atoms with E-state index < -0.39 is 0 Å². The zero-order valence-electron chi connectivity index (χ0n) is 13.9. The molecule has 1 N–H and O–H groups in total. The topological polar surface area (TPSA) is 28.7 Å². The largest absolute Gasteiger partial charge is 0.341 e. The van der Waals surface area contributed by atoms with E-state index in [1.807, 2.05) is 0 Å². The quantitative estimate of drug-likeness (QED) is 0.701. The predicted octanol–water partition coefficient (Wildman–Crippen LogP) is 5.22. The summed E-state index contributed by atoms with van der Waals surface area (Å²) in [6.45, 7) is 8.83. The van der Waals surface area contributed by atoms with Crippen LogP contribution in [0.1, 0.15) is 49.2 Å². The SMILES string of the molecule is Cc1ccc2nc(C(C)c3ccc(CC(C)C)cc3)[nH]c2c1. The summed E-state index contributed by atoms with van der Waals surface area (Å²) in [5, 5.41) is 0. The Kier molecular flexibility index (Phi) is 4.02. The molecule has 2 aromatic carbocycles. The molecule has 2 nitrogen and oxygen atoms in total. The maximum Gasteiger partial charge on any atom is 0.114 e. The van der Waals surface area contributed by atoms with Gasteiger partial charge in [-0.3, -0.25) is 0 Å². The lowest BCUT2D eigenvalue weighted by Crippen LogP contribution is -1.99. The van der Waals surface area contributed by atoms with E-state index in [1.54, 1.807) is 0 Å². The molecular weight excluding hydrogens is 268 g/mol. The zero-order chi connectivity index (χ0) is 15.7. The van der Waals surface area contributed by atoms with Crippen molar-refractivity contribution in [2.24, 2.45) is 5.92 Å². The van der Waals surface area contributed by atoms with Gasteiger partial charge in [0, 0.05) is 5.92 Å². The van der Waals surface area contributed by atoms with Crippen molar-refractivity contribution in [3.8, 4) is 0 Å². The van der Waals surface area contributed by atoms with Gasteiger partial charge in [0.15, 0.2) is 0 Å². The van der Waals surface area contributed by atoms with E-state index in [0.717, 1.165) is 23.3 Å².